The minimum absolute atomic E-state index is 0.0861. The molecule has 5 rings (SSSR count). The van der Waals surface area contributed by atoms with E-state index in [0.29, 0.717) is 22.0 Å². The largest absolute Gasteiger partial charge is 0.447 e. The minimum atomic E-state index is -3.38. The average Bonchev–Trinajstić information content (AvgIpc) is 3.35. The maximum Gasteiger partial charge on any atom is 0.412 e. The third kappa shape index (κ3) is 3.36. The van der Waals surface area contributed by atoms with Gasteiger partial charge in [-0.15, -0.1) is 10.2 Å². The van der Waals surface area contributed by atoms with Gasteiger partial charge in [-0.1, -0.05) is 18.2 Å². The molecular formula is C20H17F3N6O3. The number of hydrogen-bond donors (Lipinski definition) is 1. The summed E-state index contributed by atoms with van der Waals surface area (Å²) in [5.74, 6) is -0.514. The Kier molecular flexibility index (Phi) is 4.81. The lowest BCUT2D eigenvalue weighted by Gasteiger charge is -2.34. The molecule has 9 nitrogen and oxygen atoms in total. The second-order valence-electron chi connectivity index (χ2n) is 7.58. The van der Waals surface area contributed by atoms with Crippen LogP contribution in [0.2, 0.25) is 0 Å². The Morgan fingerprint density at radius 3 is 2.62 bits per heavy atom. The number of halogens is 3. The number of benzene rings is 1. The molecule has 1 aromatic carbocycles. The van der Waals surface area contributed by atoms with Crippen molar-refractivity contribution in [2.45, 2.75) is 31.0 Å². The van der Waals surface area contributed by atoms with Crippen molar-refractivity contribution in [1.29, 1.82) is 0 Å². The lowest BCUT2D eigenvalue weighted by atomic mass is 9.97. The molecule has 1 atom stereocenters. The van der Waals surface area contributed by atoms with Crippen LogP contribution < -0.4 is 0 Å². The topological polar surface area (TPSA) is 106 Å². The van der Waals surface area contributed by atoms with E-state index in [-0.39, 0.29) is 24.8 Å². The number of aromatic nitrogens is 5. The number of hydrogen-bond acceptors (Lipinski definition) is 7. The van der Waals surface area contributed by atoms with Crippen molar-refractivity contribution < 1.29 is 27.8 Å². The zero-order valence-electron chi connectivity index (χ0n) is 16.5. The fourth-order valence-corrected chi connectivity index (χ4v) is 3.55. The summed E-state index contributed by atoms with van der Waals surface area (Å²) >= 11 is 0. The molecule has 2 aromatic heterocycles. The molecule has 12 heteroatoms. The average molecular weight is 446 g/mol. The van der Waals surface area contributed by atoms with Gasteiger partial charge in [0, 0.05) is 22.9 Å². The maximum absolute atomic E-state index is 14.9. The molecule has 32 heavy (non-hydrogen) atoms. The molecule has 0 unspecified atom stereocenters. The van der Waals surface area contributed by atoms with Gasteiger partial charge in [0.25, 0.3) is 6.43 Å². The van der Waals surface area contributed by atoms with Gasteiger partial charge in [-0.3, -0.25) is 9.88 Å². The van der Waals surface area contributed by atoms with Crippen molar-refractivity contribution in [2.75, 3.05) is 13.2 Å². The van der Waals surface area contributed by atoms with Crippen LogP contribution >= 0.6 is 0 Å². The van der Waals surface area contributed by atoms with Crippen LogP contribution in [-0.4, -0.2) is 60.9 Å². The van der Waals surface area contributed by atoms with Gasteiger partial charge < -0.3 is 9.84 Å². The summed E-state index contributed by atoms with van der Waals surface area (Å²) in [6.07, 6.45) is -1.04. The molecular weight excluding hydrogens is 429 g/mol. The van der Waals surface area contributed by atoms with E-state index < -0.39 is 29.6 Å². The smallest absolute Gasteiger partial charge is 0.412 e. The number of ether oxygens (including phenoxy) is 1. The molecule has 166 valence electrons. The third-order valence-electron chi connectivity index (χ3n) is 5.48. The normalized spacial score (nSPS) is 18.2. The summed E-state index contributed by atoms with van der Waals surface area (Å²) < 4.78 is 47.0. The van der Waals surface area contributed by atoms with E-state index in [0.717, 1.165) is 25.0 Å². The molecule has 1 saturated heterocycles. The molecule has 0 radical (unpaired) electrons. The lowest BCUT2D eigenvalue weighted by Crippen LogP contribution is -2.52. The van der Waals surface area contributed by atoms with Crippen molar-refractivity contribution in [3.63, 3.8) is 0 Å². The number of carbonyl (C=O) groups excluding carboxylic acids is 1. The number of pyridine rings is 1. The van der Waals surface area contributed by atoms with E-state index in [2.05, 4.69) is 25.1 Å². The Morgan fingerprint density at radius 2 is 2.03 bits per heavy atom. The van der Waals surface area contributed by atoms with Crippen LogP contribution in [0.5, 0.6) is 0 Å². The van der Waals surface area contributed by atoms with E-state index in [1.807, 2.05) is 0 Å². The van der Waals surface area contributed by atoms with Crippen molar-refractivity contribution >= 4 is 6.09 Å². The standard InChI is InChI=1S/C20H17F3N6O3/c21-15-9-12(20(31,18(22)23)28-7-8-32-19(28)30)2-5-14(15)11-1-6-16(24-10-11)17-25-27-29(26-17)13-3-4-13/h1-2,5-6,9-10,13,18,31H,3-4,7-8H2/t20-/m0/s1. The number of carbonyl (C=O) groups is 1. The highest BCUT2D eigenvalue weighted by Gasteiger charge is 2.50. The minimum Gasteiger partial charge on any atom is -0.447 e. The first-order valence-corrected chi connectivity index (χ1v) is 9.89. The first-order valence-electron chi connectivity index (χ1n) is 9.89. The zero-order valence-corrected chi connectivity index (χ0v) is 16.5. The summed E-state index contributed by atoms with van der Waals surface area (Å²) in [7, 11) is 0. The summed E-state index contributed by atoms with van der Waals surface area (Å²) in [6, 6.07) is 6.65. The first kappa shape index (κ1) is 20.4. The van der Waals surface area contributed by atoms with Crippen molar-refractivity contribution in [3.05, 3.63) is 47.9 Å². The molecule has 3 heterocycles. The molecule has 1 amide bonds. The zero-order chi connectivity index (χ0) is 22.5. The second kappa shape index (κ2) is 7.55. The van der Waals surface area contributed by atoms with Gasteiger partial charge in [-0.05, 0) is 30.2 Å². The van der Waals surface area contributed by atoms with Gasteiger partial charge in [0.1, 0.15) is 18.1 Å². The van der Waals surface area contributed by atoms with Crippen LogP contribution in [0, 0.1) is 5.82 Å². The number of amides is 1. The van der Waals surface area contributed by atoms with Crippen molar-refractivity contribution in [1.82, 2.24) is 30.1 Å². The van der Waals surface area contributed by atoms with Gasteiger partial charge >= 0.3 is 6.09 Å². The molecule has 0 bridgehead atoms. The molecule has 1 aliphatic heterocycles. The van der Waals surface area contributed by atoms with Crippen LogP contribution in [0.15, 0.2) is 36.5 Å². The van der Waals surface area contributed by atoms with Crippen LogP contribution in [0.3, 0.4) is 0 Å². The molecule has 1 aliphatic carbocycles. The quantitative estimate of drug-likeness (QED) is 0.621. The fraction of sp³-hybridized carbons (Fsp3) is 0.350. The third-order valence-corrected chi connectivity index (χ3v) is 5.48. The predicted octanol–water partition coefficient (Wildman–Crippen LogP) is 2.74. The number of tetrazole rings is 1. The lowest BCUT2D eigenvalue weighted by molar-refractivity contribution is -0.180. The van der Waals surface area contributed by atoms with Crippen LogP contribution in [0.25, 0.3) is 22.6 Å². The highest BCUT2D eigenvalue weighted by atomic mass is 19.3. The molecule has 2 aliphatic rings. The predicted molar refractivity (Wildman–Crippen MR) is 103 cm³/mol. The van der Waals surface area contributed by atoms with Crippen LogP contribution in [-0.2, 0) is 10.5 Å². The van der Waals surface area contributed by atoms with Crippen LogP contribution in [0.1, 0.15) is 24.4 Å². The number of aliphatic hydroxyl groups is 1. The van der Waals surface area contributed by atoms with E-state index >= 15 is 0 Å². The van der Waals surface area contributed by atoms with E-state index in [1.54, 1.807) is 16.9 Å². The summed E-state index contributed by atoms with van der Waals surface area (Å²) in [4.78, 5) is 18.0. The van der Waals surface area contributed by atoms with Gasteiger partial charge in [0.05, 0.1) is 12.6 Å². The Bertz CT molecular complexity index is 1170. The molecule has 1 saturated carbocycles. The summed E-state index contributed by atoms with van der Waals surface area (Å²) in [6.45, 7) is -0.385. The van der Waals surface area contributed by atoms with Gasteiger partial charge in [0.15, 0.2) is 0 Å². The number of nitrogens with zero attached hydrogens (tertiary/aromatic N) is 6. The fourth-order valence-electron chi connectivity index (χ4n) is 3.55. The van der Waals surface area contributed by atoms with Gasteiger partial charge in [-0.25, -0.2) is 18.0 Å². The number of cyclic esters (lactones) is 1. The number of rotatable bonds is 6. The summed E-state index contributed by atoms with van der Waals surface area (Å²) in [5.41, 5.74) is -2.54. The van der Waals surface area contributed by atoms with Crippen LogP contribution in [0.4, 0.5) is 18.0 Å². The molecule has 3 aromatic rings. The second-order valence-corrected chi connectivity index (χ2v) is 7.58. The van der Waals surface area contributed by atoms with Crippen molar-refractivity contribution in [3.8, 4) is 22.6 Å². The van der Waals surface area contributed by atoms with Gasteiger partial charge in [0.2, 0.25) is 11.5 Å². The Hall–Kier alpha value is -3.54. The van der Waals surface area contributed by atoms with E-state index in [4.69, 9.17) is 0 Å². The van der Waals surface area contributed by atoms with Gasteiger partial charge in [-0.2, -0.15) is 4.80 Å². The monoisotopic (exact) mass is 446 g/mol. The van der Waals surface area contributed by atoms with E-state index in [1.165, 1.54) is 12.3 Å². The Morgan fingerprint density at radius 1 is 1.22 bits per heavy atom. The Balaban J connectivity index is 1.43. The highest BCUT2D eigenvalue weighted by molar-refractivity contribution is 5.71. The summed E-state index contributed by atoms with van der Waals surface area (Å²) in [5, 5.41) is 22.8. The maximum atomic E-state index is 14.9. The highest BCUT2D eigenvalue weighted by Crippen LogP contribution is 2.37. The SMILES string of the molecule is O=C1OCCN1[C@](O)(c1ccc(-c2ccc(-c3nnn(C4CC4)n3)nc2)c(F)c1)C(F)F. The number of alkyl halides is 2. The molecule has 0 spiro atoms. The Labute approximate surface area is 179 Å². The first-order chi connectivity index (χ1) is 15.4. The molecule has 1 N–H and O–H groups in total. The molecule has 2 fully saturated rings. The van der Waals surface area contributed by atoms with E-state index in [9.17, 15) is 23.1 Å². The van der Waals surface area contributed by atoms with Crippen molar-refractivity contribution in [2.24, 2.45) is 0 Å².